The van der Waals surface area contributed by atoms with E-state index in [1.807, 2.05) is 18.2 Å². The van der Waals surface area contributed by atoms with Gasteiger partial charge in [0.1, 0.15) is 5.54 Å². The minimum Gasteiger partial charge on any atom is -0.480 e. The van der Waals surface area contributed by atoms with Gasteiger partial charge in [-0.3, -0.25) is 4.98 Å². The molecule has 0 aliphatic heterocycles. The zero-order valence-corrected chi connectivity index (χ0v) is 10.6. The normalized spacial score (nSPS) is 15.6. The van der Waals surface area contributed by atoms with E-state index in [4.69, 9.17) is 5.11 Å². The number of hydrogen-bond acceptors (Lipinski definition) is 3. The lowest BCUT2D eigenvalue weighted by Gasteiger charge is -2.14. The van der Waals surface area contributed by atoms with Gasteiger partial charge >= 0.3 is 12.0 Å². The molecule has 1 saturated carbocycles. The minimum absolute atomic E-state index is 0.465. The molecule has 1 heterocycles. The summed E-state index contributed by atoms with van der Waals surface area (Å²) in [6.07, 6.45) is 4.27. The number of carboxylic acid groups (broad SMARTS) is 1. The van der Waals surface area contributed by atoms with Crippen molar-refractivity contribution in [3.63, 3.8) is 0 Å². The third-order valence-corrected chi connectivity index (χ3v) is 3.44. The van der Waals surface area contributed by atoms with Crippen molar-refractivity contribution in [1.82, 2.24) is 10.3 Å². The molecular formula is C14H13N3O3. The molecule has 0 atom stereocenters. The first-order valence-corrected chi connectivity index (χ1v) is 6.26. The summed E-state index contributed by atoms with van der Waals surface area (Å²) in [4.78, 5) is 27.0. The van der Waals surface area contributed by atoms with E-state index in [9.17, 15) is 9.59 Å². The first-order valence-electron chi connectivity index (χ1n) is 6.26. The third kappa shape index (κ3) is 2.16. The molecule has 6 heteroatoms. The Morgan fingerprint density at radius 2 is 2.05 bits per heavy atom. The Kier molecular flexibility index (Phi) is 2.78. The Labute approximate surface area is 114 Å². The maximum absolute atomic E-state index is 11.9. The fourth-order valence-electron chi connectivity index (χ4n) is 2.11. The summed E-state index contributed by atoms with van der Waals surface area (Å²) in [6.45, 7) is 0. The third-order valence-electron chi connectivity index (χ3n) is 3.44. The van der Waals surface area contributed by atoms with Crippen molar-refractivity contribution in [1.29, 1.82) is 0 Å². The van der Waals surface area contributed by atoms with Crippen LogP contribution in [-0.2, 0) is 4.79 Å². The standard InChI is InChI=1S/C14H13N3O3/c18-12(19)14(5-6-14)17-13(20)16-11-3-1-2-9-4-7-15-8-10(9)11/h1-4,7-8H,5-6H2,(H,18,19)(H2,16,17,20). The van der Waals surface area contributed by atoms with Crippen LogP contribution >= 0.6 is 0 Å². The zero-order chi connectivity index (χ0) is 14.2. The number of aromatic nitrogens is 1. The summed E-state index contributed by atoms with van der Waals surface area (Å²) in [6, 6.07) is 6.82. The van der Waals surface area contributed by atoms with Crippen LogP contribution in [0.15, 0.2) is 36.7 Å². The lowest BCUT2D eigenvalue weighted by atomic mass is 10.1. The fourth-order valence-corrected chi connectivity index (χ4v) is 2.11. The summed E-state index contributed by atoms with van der Waals surface area (Å²) in [5.74, 6) is -0.993. The Morgan fingerprint density at radius 1 is 1.25 bits per heavy atom. The molecule has 0 radical (unpaired) electrons. The number of carboxylic acids is 1. The van der Waals surface area contributed by atoms with Gasteiger partial charge in [0.15, 0.2) is 0 Å². The predicted octanol–water partition coefficient (Wildman–Crippen LogP) is 1.97. The van der Waals surface area contributed by atoms with Crippen molar-refractivity contribution >= 4 is 28.5 Å². The van der Waals surface area contributed by atoms with Crippen LogP contribution in [0, 0.1) is 0 Å². The second-order valence-corrected chi connectivity index (χ2v) is 4.87. The van der Waals surface area contributed by atoms with Crippen LogP contribution in [0.2, 0.25) is 0 Å². The van der Waals surface area contributed by atoms with E-state index in [0.717, 1.165) is 10.8 Å². The van der Waals surface area contributed by atoms with E-state index in [-0.39, 0.29) is 0 Å². The largest absolute Gasteiger partial charge is 0.480 e. The van der Waals surface area contributed by atoms with E-state index in [1.165, 1.54) is 0 Å². The second kappa shape index (κ2) is 4.48. The number of nitrogens with one attached hydrogen (secondary N) is 2. The summed E-state index contributed by atoms with van der Waals surface area (Å²) in [5.41, 5.74) is -0.485. The van der Waals surface area contributed by atoms with Gasteiger partial charge in [0.05, 0.1) is 5.69 Å². The Hall–Kier alpha value is -2.63. The van der Waals surface area contributed by atoms with Gasteiger partial charge < -0.3 is 15.7 Å². The first-order chi connectivity index (χ1) is 9.61. The number of amides is 2. The molecule has 3 N–H and O–H groups in total. The number of carbonyl (C=O) groups excluding carboxylic acids is 1. The molecule has 1 aliphatic rings. The molecular weight excluding hydrogens is 258 g/mol. The van der Waals surface area contributed by atoms with Crippen molar-refractivity contribution in [2.75, 3.05) is 5.32 Å². The topological polar surface area (TPSA) is 91.3 Å². The number of anilines is 1. The number of rotatable bonds is 3. The highest BCUT2D eigenvalue weighted by Gasteiger charge is 2.51. The summed E-state index contributed by atoms with van der Waals surface area (Å²) >= 11 is 0. The monoisotopic (exact) mass is 271 g/mol. The minimum atomic E-state index is -1.09. The van der Waals surface area contributed by atoms with Crippen LogP contribution < -0.4 is 10.6 Å². The van der Waals surface area contributed by atoms with Gasteiger partial charge in [0.2, 0.25) is 0 Å². The van der Waals surface area contributed by atoms with Crippen LogP contribution in [0.5, 0.6) is 0 Å². The van der Waals surface area contributed by atoms with Crippen LogP contribution in [0.3, 0.4) is 0 Å². The summed E-state index contributed by atoms with van der Waals surface area (Å²) in [7, 11) is 0. The van der Waals surface area contributed by atoms with Gasteiger partial charge in [-0.1, -0.05) is 12.1 Å². The molecule has 2 aromatic rings. The molecule has 1 aromatic heterocycles. The number of aliphatic carboxylic acids is 1. The Bertz CT molecular complexity index is 690. The molecule has 0 bridgehead atoms. The predicted molar refractivity (Wildman–Crippen MR) is 73.5 cm³/mol. The average Bonchev–Trinajstić information content (AvgIpc) is 3.20. The van der Waals surface area contributed by atoms with Gasteiger partial charge in [-0.15, -0.1) is 0 Å². The SMILES string of the molecule is O=C(Nc1cccc2ccncc12)NC1(C(=O)O)CC1. The summed E-state index contributed by atoms with van der Waals surface area (Å²) in [5, 5.41) is 16.0. The highest BCUT2D eigenvalue weighted by molar-refractivity contribution is 6.02. The van der Waals surface area contributed by atoms with Crippen molar-refractivity contribution in [3.05, 3.63) is 36.7 Å². The smallest absolute Gasteiger partial charge is 0.329 e. The van der Waals surface area contributed by atoms with Gasteiger partial charge in [0.25, 0.3) is 0 Å². The lowest BCUT2D eigenvalue weighted by molar-refractivity contribution is -0.140. The van der Waals surface area contributed by atoms with Crippen LogP contribution in [0.25, 0.3) is 10.8 Å². The fraction of sp³-hybridized carbons (Fsp3) is 0.214. The van der Waals surface area contributed by atoms with Gasteiger partial charge in [-0.05, 0) is 30.4 Å². The van der Waals surface area contributed by atoms with E-state index >= 15 is 0 Å². The zero-order valence-electron chi connectivity index (χ0n) is 10.6. The first kappa shape index (κ1) is 12.4. The summed E-state index contributed by atoms with van der Waals surface area (Å²) < 4.78 is 0. The highest BCUT2D eigenvalue weighted by atomic mass is 16.4. The van der Waals surface area contributed by atoms with Gasteiger partial charge in [-0.2, -0.15) is 0 Å². The van der Waals surface area contributed by atoms with Crippen molar-refractivity contribution in [3.8, 4) is 0 Å². The van der Waals surface area contributed by atoms with Gasteiger partial charge in [-0.25, -0.2) is 9.59 Å². The number of hydrogen-bond donors (Lipinski definition) is 3. The molecule has 102 valence electrons. The highest BCUT2D eigenvalue weighted by Crippen LogP contribution is 2.35. The number of urea groups is 1. The molecule has 1 aromatic carbocycles. The molecule has 0 unspecified atom stereocenters. The quantitative estimate of drug-likeness (QED) is 0.796. The maximum atomic E-state index is 11.9. The molecule has 1 aliphatic carbocycles. The van der Waals surface area contributed by atoms with Gasteiger partial charge in [0, 0.05) is 17.8 Å². The molecule has 1 fully saturated rings. The molecule has 20 heavy (non-hydrogen) atoms. The van der Waals surface area contributed by atoms with E-state index < -0.39 is 17.5 Å². The number of pyridine rings is 1. The van der Waals surface area contributed by atoms with Crippen LogP contribution in [0.1, 0.15) is 12.8 Å². The van der Waals surface area contributed by atoms with Crippen molar-refractivity contribution < 1.29 is 14.7 Å². The number of carbonyl (C=O) groups is 2. The molecule has 2 amide bonds. The molecule has 6 nitrogen and oxygen atoms in total. The van der Waals surface area contributed by atoms with E-state index in [0.29, 0.717) is 18.5 Å². The van der Waals surface area contributed by atoms with Crippen LogP contribution in [-0.4, -0.2) is 27.6 Å². The number of nitrogens with zero attached hydrogens (tertiary/aromatic N) is 1. The lowest BCUT2D eigenvalue weighted by Crippen LogP contribution is -2.45. The maximum Gasteiger partial charge on any atom is 0.329 e. The average molecular weight is 271 g/mol. The molecule has 0 saturated heterocycles. The van der Waals surface area contributed by atoms with E-state index in [2.05, 4.69) is 15.6 Å². The number of benzene rings is 1. The van der Waals surface area contributed by atoms with Crippen molar-refractivity contribution in [2.24, 2.45) is 0 Å². The second-order valence-electron chi connectivity index (χ2n) is 4.87. The molecule has 3 rings (SSSR count). The molecule has 0 spiro atoms. The van der Waals surface area contributed by atoms with E-state index in [1.54, 1.807) is 18.5 Å². The van der Waals surface area contributed by atoms with Crippen LogP contribution in [0.4, 0.5) is 10.5 Å². The Balaban J connectivity index is 1.80. The number of fused-ring (bicyclic) bond motifs is 1. The Morgan fingerprint density at radius 3 is 2.75 bits per heavy atom. The van der Waals surface area contributed by atoms with Crippen molar-refractivity contribution in [2.45, 2.75) is 18.4 Å².